The number of hydrogen-bond acceptors (Lipinski definition) is 2. The summed E-state index contributed by atoms with van der Waals surface area (Å²) in [5.74, 6) is 0. The maximum absolute atomic E-state index is 5.71. The molecule has 0 aromatic heterocycles. The molecule has 0 fully saturated rings. The summed E-state index contributed by atoms with van der Waals surface area (Å²) in [6.07, 6.45) is 0.0894. The molecule has 0 heterocycles. The lowest BCUT2D eigenvalue weighted by Crippen LogP contribution is -2.32. The minimum Gasteiger partial charge on any atom is -0.468 e. The molecule has 2 rings (SSSR count). The van der Waals surface area contributed by atoms with E-state index in [2.05, 4.69) is 29.2 Å². The Kier molecular flexibility index (Phi) is 5.76. The molecule has 0 N–H and O–H groups in total. The lowest BCUT2D eigenvalue weighted by molar-refractivity contribution is 0.181. The maximum Gasteiger partial charge on any atom is 0.260 e. The molecule has 0 aliphatic rings. The van der Waals surface area contributed by atoms with Crippen LogP contribution in [0.3, 0.4) is 0 Å². The molecule has 0 bridgehead atoms. The fourth-order valence-electron chi connectivity index (χ4n) is 2.07. The van der Waals surface area contributed by atoms with Gasteiger partial charge in [-0.05, 0) is 37.2 Å². The summed E-state index contributed by atoms with van der Waals surface area (Å²) < 4.78 is 5.71. The lowest BCUT2D eigenvalue weighted by Gasteiger charge is -2.26. The van der Waals surface area contributed by atoms with E-state index >= 15 is 0 Å². The quantitative estimate of drug-likeness (QED) is 0.759. The van der Waals surface area contributed by atoms with Gasteiger partial charge in [0.25, 0.3) is 5.17 Å². The highest BCUT2D eigenvalue weighted by Crippen LogP contribution is 2.12. The van der Waals surface area contributed by atoms with Gasteiger partial charge in [0.05, 0.1) is 6.10 Å². The molecule has 0 amide bonds. The molecule has 2 nitrogen and oxygen atoms in total. The van der Waals surface area contributed by atoms with Crippen molar-refractivity contribution in [1.29, 1.82) is 0 Å². The zero-order valence-electron chi connectivity index (χ0n) is 12.5. The number of ether oxygens (including phenoxy) is 1. The second kappa shape index (κ2) is 7.79. The number of thiocarbonyl (C=S) groups is 1. The number of rotatable bonds is 5. The predicted molar refractivity (Wildman–Crippen MR) is 91.0 cm³/mol. The van der Waals surface area contributed by atoms with E-state index < -0.39 is 0 Å². The van der Waals surface area contributed by atoms with Crippen molar-refractivity contribution in [2.24, 2.45) is 0 Å². The van der Waals surface area contributed by atoms with E-state index in [4.69, 9.17) is 17.0 Å². The largest absolute Gasteiger partial charge is 0.468 e. The van der Waals surface area contributed by atoms with Gasteiger partial charge in [-0.25, -0.2) is 0 Å². The summed E-state index contributed by atoms with van der Waals surface area (Å²) in [6, 6.07) is 20.6. The predicted octanol–water partition coefficient (Wildman–Crippen LogP) is 4.40. The Hall–Kier alpha value is -1.87. The molecule has 0 radical (unpaired) electrons. The van der Waals surface area contributed by atoms with Gasteiger partial charge in [-0.2, -0.15) is 0 Å². The monoisotopic (exact) mass is 299 g/mol. The Morgan fingerprint density at radius 2 is 1.33 bits per heavy atom. The molecule has 2 aromatic rings. The minimum absolute atomic E-state index is 0.0894. The van der Waals surface area contributed by atoms with Gasteiger partial charge >= 0.3 is 0 Å². The van der Waals surface area contributed by atoms with Crippen molar-refractivity contribution in [2.75, 3.05) is 0 Å². The Balaban J connectivity index is 2.12. The molecular formula is C18H21NOS. The SMILES string of the molecule is CC(C)OC(=S)N(Cc1ccccc1)Cc1ccccc1. The summed E-state index contributed by atoms with van der Waals surface area (Å²) in [7, 11) is 0. The second-order valence-electron chi connectivity index (χ2n) is 5.26. The van der Waals surface area contributed by atoms with Crippen molar-refractivity contribution in [3.63, 3.8) is 0 Å². The third-order valence-corrected chi connectivity index (χ3v) is 3.38. The molecule has 0 spiro atoms. The first-order chi connectivity index (χ1) is 10.1. The van der Waals surface area contributed by atoms with E-state index in [1.165, 1.54) is 11.1 Å². The molecule has 0 saturated carbocycles. The summed E-state index contributed by atoms with van der Waals surface area (Å²) in [5.41, 5.74) is 2.45. The summed E-state index contributed by atoms with van der Waals surface area (Å²) in [6.45, 7) is 5.49. The van der Waals surface area contributed by atoms with Crippen LogP contribution in [0.15, 0.2) is 60.7 Å². The lowest BCUT2D eigenvalue weighted by atomic mass is 10.2. The van der Waals surface area contributed by atoms with E-state index in [0.717, 1.165) is 13.1 Å². The Morgan fingerprint density at radius 3 is 1.71 bits per heavy atom. The second-order valence-corrected chi connectivity index (χ2v) is 5.61. The van der Waals surface area contributed by atoms with E-state index in [1.807, 2.05) is 50.2 Å². The molecule has 21 heavy (non-hydrogen) atoms. The van der Waals surface area contributed by atoms with Gasteiger partial charge in [0.1, 0.15) is 0 Å². The Morgan fingerprint density at radius 1 is 0.905 bits per heavy atom. The van der Waals surface area contributed by atoms with Crippen LogP contribution in [0.2, 0.25) is 0 Å². The molecular weight excluding hydrogens is 278 g/mol. The number of benzene rings is 2. The zero-order chi connectivity index (χ0) is 15.1. The molecule has 2 aromatic carbocycles. The first kappa shape index (κ1) is 15.5. The van der Waals surface area contributed by atoms with Crippen molar-refractivity contribution >= 4 is 17.4 Å². The highest BCUT2D eigenvalue weighted by atomic mass is 32.1. The molecule has 0 aliphatic carbocycles. The number of hydrogen-bond donors (Lipinski definition) is 0. The summed E-state index contributed by atoms with van der Waals surface area (Å²) in [4.78, 5) is 2.10. The van der Waals surface area contributed by atoms with Crippen LogP contribution < -0.4 is 0 Å². The van der Waals surface area contributed by atoms with Gasteiger partial charge in [-0.3, -0.25) is 0 Å². The highest BCUT2D eigenvalue weighted by Gasteiger charge is 2.13. The highest BCUT2D eigenvalue weighted by molar-refractivity contribution is 7.80. The third-order valence-electron chi connectivity index (χ3n) is 3.03. The van der Waals surface area contributed by atoms with Crippen molar-refractivity contribution in [1.82, 2.24) is 4.90 Å². The smallest absolute Gasteiger partial charge is 0.260 e. The van der Waals surface area contributed by atoms with E-state index in [-0.39, 0.29) is 6.10 Å². The van der Waals surface area contributed by atoms with Crippen LogP contribution in [0.5, 0.6) is 0 Å². The van der Waals surface area contributed by atoms with Crippen LogP contribution in [0.25, 0.3) is 0 Å². The standard InChI is InChI=1S/C18H21NOS/c1-15(2)20-18(21)19(13-16-9-5-3-6-10-16)14-17-11-7-4-8-12-17/h3-12,15H,13-14H2,1-2H3. The zero-order valence-corrected chi connectivity index (χ0v) is 13.3. The van der Waals surface area contributed by atoms with E-state index in [1.54, 1.807) is 0 Å². The van der Waals surface area contributed by atoms with Crippen molar-refractivity contribution in [2.45, 2.75) is 33.0 Å². The van der Waals surface area contributed by atoms with Crippen LogP contribution in [-0.4, -0.2) is 16.2 Å². The van der Waals surface area contributed by atoms with Crippen LogP contribution in [0.4, 0.5) is 0 Å². The first-order valence-electron chi connectivity index (χ1n) is 7.18. The van der Waals surface area contributed by atoms with Gasteiger partial charge < -0.3 is 9.64 Å². The fourth-order valence-corrected chi connectivity index (χ4v) is 2.39. The number of nitrogens with zero attached hydrogens (tertiary/aromatic N) is 1. The fraction of sp³-hybridized carbons (Fsp3) is 0.278. The Bertz CT molecular complexity index is 512. The van der Waals surface area contributed by atoms with Crippen LogP contribution in [0.1, 0.15) is 25.0 Å². The topological polar surface area (TPSA) is 12.5 Å². The maximum atomic E-state index is 5.71. The summed E-state index contributed by atoms with van der Waals surface area (Å²) >= 11 is 5.45. The molecule has 0 unspecified atom stereocenters. The molecule has 0 aliphatic heterocycles. The van der Waals surface area contributed by atoms with Gasteiger partial charge in [-0.1, -0.05) is 60.7 Å². The average molecular weight is 299 g/mol. The van der Waals surface area contributed by atoms with Gasteiger partial charge in [0.2, 0.25) is 0 Å². The minimum atomic E-state index is 0.0894. The van der Waals surface area contributed by atoms with Crippen LogP contribution >= 0.6 is 12.2 Å². The first-order valence-corrected chi connectivity index (χ1v) is 7.59. The van der Waals surface area contributed by atoms with Gasteiger partial charge in [-0.15, -0.1) is 0 Å². The molecule has 0 saturated heterocycles. The van der Waals surface area contributed by atoms with Crippen LogP contribution in [0, 0.1) is 0 Å². The van der Waals surface area contributed by atoms with Crippen molar-refractivity contribution < 1.29 is 4.74 Å². The van der Waals surface area contributed by atoms with Crippen molar-refractivity contribution in [3.05, 3.63) is 71.8 Å². The van der Waals surface area contributed by atoms with E-state index in [0.29, 0.717) is 5.17 Å². The van der Waals surface area contributed by atoms with Crippen LogP contribution in [-0.2, 0) is 17.8 Å². The van der Waals surface area contributed by atoms with E-state index in [9.17, 15) is 0 Å². The molecule has 110 valence electrons. The van der Waals surface area contributed by atoms with Crippen molar-refractivity contribution in [3.8, 4) is 0 Å². The molecule has 3 heteroatoms. The Labute approximate surface area is 132 Å². The van der Waals surface area contributed by atoms with Gasteiger partial charge in [0.15, 0.2) is 0 Å². The third kappa shape index (κ3) is 5.20. The molecule has 0 atom stereocenters. The average Bonchev–Trinajstić information content (AvgIpc) is 2.48. The van der Waals surface area contributed by atoms with Gasteiger partial charge in [0, 0.05) is 13.1 Å². The normalized spacial score (nSPS) is 10.4. The summed E-state index contributed by atoms with van der Waals surface area (Å²) in [5, 5.41) is 0.553.